The molecule has 7 unspecified atom stereocenters. The molecule has 3 aliphatic rings. The maximum Gasteiger partial charge on any atom is 0.337 e. The maximum absolute atomic E-state index is 12.0. The average molecular weight is 388 g/mol. The Morgan fingerprint density at radius 1 is 1.22 bits per heavy atom. The first-order valence-electron chi connectivity index (χ1n) is 8.65. The zero-order valence-corrected chi connectivity index (χ0v) is 14.7. The molecular formula is C17H24O10. The summed E-state index contributed by atoms with van der Waals surface area (Å²) in [4.78, 5) is 12.0. The van der Waals surface area contributed by atoms with E-state index in [2.05, 4.69) is 0 Å². The van der Waals surface area contributed by atoms with Gasteiger partial charge in [0.1, 0.15) is 24.4 Å². The highest BCUT2D eigenvalue weighted by Crippen LogP contribution is 2.43. The average Bonchev–Trinajstić information content (AvgIpc) is 3.12. The van der Waals surface area contributed by atoms with Crippen molar-refractivity contribution in [3.63, 3.8) is 0 Å². The van der Waals surface area contributed by atoms with E-state index in [1.54, 1.807) is 0 Å². The number of aliphatic hydroxyl groups is 5. The van der Waals surface area contributed by atoms with Crippen molar-refractivity contribution in [2.45, 2.75) is 49.8 Å². The molecule has 5 N–H and O–H groups in total. The van der Waals surface area contributed by atoms with Crippen LogP contribution < -0.4 is 0 Å². The zero-order valence-electron chi connectivity index (χ0n) is 14.7. The Balaban J connectivity index is 1.84. The monoisotopic (exact) mass is 388 g/mol. The molecule has 152 valence electrons. The first kappa shape index (κ1) is 20.2. The number of carbonyl (C=O) groups excluding carboxylic acids is 1. The van der Waals surface area contributed by atoms with Gasteiger partial charge in [0.25, 0.3) is 0 Å². The second-order valence-corrected chi connectivity index (χ2v) is 6.67. The Hall–Kier alpha value is -1.53. The highest BCUT2D eigenvalue weighted by atomic mass is 16.8. The number of esters is 1. The van der Waals surface area contributed by atoms with E-state index in [0.717, 1.165) is 0 Å². The molecule has 2 aliphatic heterocycles. The molecule has 10 nitrogen and oxygen atoms in total. The summed E-state index contributed by atoms with van der Waals surface area (Å²) in [6, 6.07) is 0. The Bertz CT molecular complexity index is 627. The molecule has 0 radical (unpaired) electrons. The van der Waals surface area contributed by atoms with E-state index in [-0.39, 0.29) is 12.5 Å². The summed E-state index contributed by atoms with van der Waals surface area (Å²) >= 11 is 0. The standard InChI is InChI=1S/C17H24O10/c1-24-15(23)9-6-25-16(11-7(4-18)2-3-8(9)11)27-17-14(22)13(21)12(20)10(5-19)26-17/h6,8,10,12-14,16-22H,2-5H2,1H3. The smallest absolute Gasteiger partial charge is 0.337 e. The highest BCUT2D eigenvalue weighted by molar-refractivity contribution is 5.89. The summed E-state index contributed by atoms with van der Waals surface area (Å²) in [6.07, 6.45) is -5.96. The van der Waals surface area contributed by atoms with Crippen molar-refractivity contribution in [1.82, 2.24) is 0 Å². The highest BCUT2D eigenvalue weighted by Gasteiger charge is 2.47. The SMILES string of the molecule is COC(=O)C1=COC(OC2OC(CO)C(O)C(O)C2O)C2=C(CO)CCC12. The second-order valence-electron chi connectivity index (χ2n) is 6.67. The van der Waals surface area contributed by atoms with Crippen LogP contribution in [0.25, 0.3) is 0 Å². The van der Waals surface area contributed by atoms with Gasteiger partial charge in [0.15, 0.2) is 6.29 Å². The Morgan fingerprint density at radius 2 is 1.96 bits per heavy atom. The van der Waals surface area contributed by atoms with Crippen molar-refractivity contribution in [2.24, 2.45) is 5.92 Å². The summed E-state index contributed by atoms with van der Waals surface area (Å²) in [7, 11) is 1.25. The molecule has 0 aromatic rings. The van der Waals surface area contributed by atoms with Gasteiger partial charge in [-0.25, -0.2) is 4.79 Å². The van der Waals surface area contributed by atoms with Crippen LogP contribution in [-0.4, -0.2) is 88.8 Å². The lowest BCUT2D eigenvalue weighted by Crippen LogP contribution is -2.60. The van der Waals surface area contributed by atoms with Gasteiger partial charge in [0.2, 0.25) is 6.29 Å². The minimum absolute atomic E-state index is 0.252. The number of hydrogen-bond donors (Lipinski definition) is 5. The van der Waals surface area contributed by atoms with Crippen LogP contribution in [0.4, 0.5) is 0 Å². The summed E-state index contributed by atoms with van der Waals surface area (Å²) in [5.74, 6) is -0.925. The predicted octanol–water partition coefficient (Wildman–Crippen LogP) is -2.08. The van der Waals surface area contributed by atoms with Gasteiger partial charge in [-0.15, -0.1) is 0 Å². The molecule has 1 fully saturated rings. The third-order valence-corrected chi connectivity index (χ3v) is 5.18. The van der Waals surface area contributed by atoms with Gasteiger partial charge in [0.05, 0.1) is 32.2 Å². The van der Waals surface area contributed by atoms with Crippen molar-refractivity contribution in [3.8, 4) is 0 Å². The fourth-order valence-electron chi connectivity index (χ4n) is 3.69. The molecule has 7 atom stereocenters. The molecule has 3 rings (SSSR count). The van der Waals surface area contributed by atoms with Gasteiger partial charge in [-0.3, -0.25) is 0 Å². The molecule has 0 spiro atoms. The Labute approximate surface area is 155 Å². The Kier molecular flexibility index (Phi) is 6.16. The zero-order chi connectivity index (χ0) is 19.7. The molecule has 0 amide bonds. The maximum atomic E-state index is 12.0. The fraction of sp³-hybridized carbons (Fsp3) is 0.706. The van der Waals surface area contributed by atoms with E-state index in [4.69, 9.17) is 18.9 Å². The number of carbonyl (C=O) groups is 1. The first-order chi connectivity index (χ1) is 12.9. The molecule has 0 aromatic carbocycles. The van der Waals surface area contributed by atoms with E-state index < -0.39 is 49.6 Å². The minimum Gasteiger partial charge on any atom is -0.468 e. The lowest BCUT2D eigenvalue weighted by molar-refractivity contribution is -0.327. The predicted molar refractivity (Wildman–Crippen MR) is 86.7 cm³/mol. The quantitative estimate of drug-likeness (QED) is 0.262. The normalized spacial score (nSPS) is 38.9. The van der Waals surface area contributed by atoms with E-state index in [9.17, 15) is 30.3 Å². The van der Waals surface area contributed by atoms with E-state index >= 15 is 0 Å². The third kappa shape index (κ3) is 3.61. The lowest BCUT2D eigenvalue weighted by Gasteiger charge is -2.41. The Morgan fingerprint density at radius 3 is 2.59 bits per heavy atom. The van der Waals surface area contributed by atoms with Gasteiger partial charge in [-0.2, -0.15) is 0 Å². The van der Waals surface area contributed by atoms with Crippen molar-refractivity contribution >= 4 is 5.97 Å². The number of aliphatic hydroxyl groups excluding tert-OH is 5. The largest absolute Gasteiger partial charge is 0.468 e. The van der Waals surface area contributed by atoms with Crippen molar-refractivity contribution in [3.05, 3.63) is 23.0 Å². The lowest BCUT2D eigenvalue weighted by atomic mass is 9.90. The molecule has 1 aliphatic carbocycles. The summed E-state index contributed by atoms with van der Waals surface area (Å²) < 4.78 is 21.2. The van der Waals surface area contributed by atoms with Crippen LogP contribution in [0.5, 0.6) is 0 Å². The van der Waals surface area contributed by atoms with Crippen molar-refractivity contribution < 1.29 is 49.3 Å². The van der Waals surface area contributed by atoms with E-state index in [1.807, 2.05) is 0 Å². The van der Waals surface area contributed by atoms with Crippen molar-refractivity contribution in [2.75, 3.05) is 20.3 Å². The third-order valence-electron chi connectivity index (χ3n) is 5.18. The number of ether oxygens (including phenoxy) is 4. The summed E-state index contributed by atoms with van der Waals surface area (Å²) in [5.41, 5.74) is 1.48. The molecule has 27 heavy (non-hydrogen) atoms. The van der Waals surface area contributed by atoms with Gasteiger partial charge in [-0.05, 0) is 18.4 Å². The van der Waals surface area contributed by atoms with Crippen LogP contribution in [0.2, 0.25) is 0 Å². The van der Waals surface area contributed by atoms with Crippen LogP contribution in [0.1, 0.15) is 12.8 Å². The van der Waals surface area contributed by atoms with Gasteiger partial charge < -0.3 is 44.5 Å². The van der Waals surface area contributed by atoms with Gasteiger partial charge in [0, 0.05) is 11.5 Å². The molecular weight excluding hydrogens is 364 g/mol. The minimum atomic E-state index is -1.59. The number of hydrogen-bond acceptors (Lipinski definition) is 10. The summed E-state index contributed by atoms with van der Waals surface area (Å²) in [5, 5.41) is 48.8. The molecule has 10 heteroatoms. The molecule has 2 heterocycles. The van der Waals surface area contributed by atoms with Crippen LogP contribution >= 0.6 is 0 Å². The van der Waals surface area contributed by atoms with Crippen molar-refractivity contribution in [1.29, 1.82) is 0 Å². The van der Waals surface area contributed by atoms with Gasteiger partial charge in [-0.1, -0.05) is 0 Å². The van der Waals surface area contributed by atoms with Crippen LogP contribution in [0.15, 0.2) is 23.0 Å². The van der Waals surface area contributed by atoms with Crippen LogP contribution in [-0.2, 0) is 23.7 Å². The second kappa shape index (κ2) is 8.23. The van der Waals surface area contributed by atoms with Crippen LogP contribution in [0.3, 0.4) is 0 Å². The number of methoxy groups -OCH3 is 1. The molecule has 0 bridgehead atoms. The fourth-order valence-corrected chi connectivity index (χ4v) is 3.69. The summed E-state index contributed by atoms with van der Waals surface area (Å²) in [6.45, 7) is -0.839. The number of rotatable bonds is 5. The van der Waals surface area contributed by atoms with Gasteiger partial charge >= 0.3 is 5.97 Å². The van der Waals surface area contributed by atoms with E-state index in [1.165, 1.54) is 13.4 Å². The van der Waals surface area contributed by atoms with Crippen LogP contribution in [0, 0.1) is 5.92 Å². The first-order valence-corrected chi connectivity index (χ1v) is 8.65. The molecule has 0 aromatic heterocycles. The van der Waals surface area contributed by atoms with E-state index in [0.29, 0.717) is 29.6 Å². The topological polar surface area (TPSA) is 155 Å². The number of fused-ring (bicyclic) bond motifs is 1. The molecule has 0 saturated carbocycles. The molecule has 1 saturated heterocycles.